The zero-order valence-electron chi connectivity index (χ0n) is 19.3. The Morgan fingerprint density at radius 2 is 1.72 bits per heavy atom. The van der Waals surface area contributed by atoms with E-state index in [0.717, 1.165) is 5.56 Å². The van der Waals surface area contributed by atoms with Gasteiger partial charge >= 0.3 is 6.36 Å². The van der Waals surface area contributed by atoms with Gasteiger partial charge in [-0.2, -0.15) is 0 Å². The third-order valence-electron chi connectivity index (χ3n) is 6.53. The van der Waals surface area contributed by atoms with Crippen molar-refractivity contribution in [3.63, 3.8) is 0 Å². The summed E-state index contributed by atoms with van der Waals surface area (Å²) in [5, 5.41) is 2.50. The van der Waals surface area contributed by atoms with Gasteiger partial charge in [-0.1, -0.05) is 24.3 Å². The molecule has 3 aromatic rings. The second-order valence-electron chi connectivity index (χ2n) is 8.78. The summed E-state index contributed by atoms with van der Waals surface area (Å²) in [6, 6.07) is 15.8. The van der Waals surface area contributed by atoms with Gasteiger partial charge in [0, 0.05) is 26.0 Å². The van der Waals surface area contributed by atoms with Crippen LogP contribution in [0.1, 0.15) is 35.8 Å². The number of rotatable bonds is 7. The average molecular weight is 499 g/mol. The molecule has 1 aliphatic heterocycles. The predicted octanol–water partition coefficient (Wildman–Crippen LogP) is 5.43. The Kier molecular flexibility index (Phi) is 5.86. The monoisotopic (exact) mass is 499 g/mol. The second-order valence-corrected chi connectivity index (χ2v) is 8.78. The number of hydrogen-bond acceptors (Lipinski definition) is 5. The third kappa shape index (κ3) is 4.60. The van der Waals surface area contributed by atoms with Gasteiger partial charge in [0.05, 0.1) is 5.41 Å². The molecule has 0 saturated heterocycles. The fraction of sp³-hybridized carbons (Fsp3) is 0.259. The smallest absolute Gasteiger partial charge is 0.454 e. The Morgan fingerprint density at radius 3 is 2.39 bits per heavy atom. The summed E-state index contributed by atoms with van der Waals surface area (Å²) in [6.07, 6.45) is -3.46. The predicted molar refractivity (Wildman–Crippen MR) is 126 cm³/mol. The largest absolute Gasteiger partial charge is 0.573 e. The number of amides is 1. The number of hydrogen-bond donors (Lipinski definition) is 1. The third-order valence-corrected chi connectivity index (χ3v) is 6.53. The van der Waals surface area contributed by atoms with Crippen LogP contribution in [-0.4, -0.2) is 31.9 Å². The first kappa shape index (κ1) is 23.7. The molecule has 1 amide bonds. The first-order valence-electron chi connectivity index (χ1n) is 11.3. The molecule has 0 bridgehead atoms. The van der Waals surface area contributed by atoms with E-state index < -0.39 is 11.8 Å². The van der Waals surface area contributed by atoms with Crippen molar-refractivity contribution in [2.45, 2.75) is 31.0 Å². The molecular weight excluding hydrogens is 475 g/mol. The lowest BCUT2D eigenvalue weighted by Crippen LogP contribution is -2.22. The van der Waals surface area contributed by atoms with E-state index in [4.69, 9.17) is 9.47 Å². The summed E-state index contributed by atoms with van der Waals surface area (Å²) >= 11 is 0. The summed E-state index contributed by atoms with van der Waals surface area (Å²) in [7, 11) is 1.49. The molecule has 6 nitrogen and oxygen atoms in total. The summed E-state index contributed by atoms with van der Waals surface area (Å²) in [5.41, 5.74) is 1.73. The number of alkyl halides is 3. The standard InChI is InChI=1S/C27H22F3NO5.H2/c1-31-25(33)18-5-3-17(4-6-18)20-12-16(2-8-21(20)36-27(28,29)30)13-24(32)26(10-11-26)19-7-9-22-23(14-19)35-15-34-22;/h2-9,12,14H,10-11,13,15H2,1H3,(H,31,33);1H. The van der Waals surface area contributed by atoms with Gasteiger partial charge in [0.25, 0.3) is 5.91 Å². The minimum atomic E-state index is -4.88. The number of benzene rings is 3. The number of nitrogens with one attached hydrogen (secondary N) is 1. The minimum absolute atomic E-state index is 0. The molecule has 1 aliphatic carbocycles. The fourth-order valence-corrected chi connectivity index (χ4v) is 4.47. The van der Waals surface area contributed by atoms with Crippen LogP contribution in [0.25, 0.3) is 11.1 Å². The average Bonchev–Trinajstić information content (AvgIpc) is 3.54. The van der Waals surface area contributed by atoms with E-state index in [1.54, 1.807) is 18.2 Å². The van der Waals surface area contributed by atoms with Crippen molar-refractivity contribution in [1.29, 1.82) is 0 Å². The van der Waals surface area contributed by atoms with E-state index >= 15 is 0 Å². The molecule has 0 spiro atoms. The maximum absolute atomic E-state index is 13.4. The van der Waals surface area contributed by atoms with Crippen LogP contribution in [0.15, 0.2) is 60.7 Å². The van der Waals surface area contributed by atoms with E-state index in [1.165, 1.54) is 37.4 Å². The first-order valence-corrected chi connectivity index (χ1v) is 11.3. The van der Waals surface area contributed by atoms with Gasteiger partial charge in [-0.05, 0) is 65.9 Å². The molecule has 2 aliphatic rings. The molecule has 1 fully saturated rings. The highest BCUT2D eigenvalue weighted by molar-refractivity contribution is 5.96. The molecule has 0 unspecified atom stereocenters. The Morgan fingerprint density at radius 1 is 1.00 bits per heavy atom. The number of carbonyl (C=O) groups is 2. The van der Waals surface area contributed by atoms with Crippen molar-refractivity contribution in [3.8, 4) is 28.4 Å². The maximum atomic E-state index is 13.4. The van der Waals surface area contributed by atoms with Gasteiger partial charge < -0.3 is 19.5 Å². The molecule has 188 valence electrons. The lowest BCUT2D eigenvalue weighted by Gasteiger charge is -2.17. The number of ketones is 1. The van der Waals surface area contributed by atoms with Crippen LogP contribution in [0.3, 0.4) is 0 Å². The number of carbonyl (C=O) groups excluding carboxylic acids is 2. The molecule has 1 saturated carbocycles. The van der Waals surface area contributed by atoms with Crippen LogP contribution < -0.4 is 19.5 Å². The fourth-order valence-electron chi connectivity index (χ4n) is 4.47. The van der Waals surface area contributed by atoms with Crippen molar-refractivity contribution in [2.24, 2.45) is 0 Å². The van der Waals surface area contributed by atoms with Crippen molar-refractivity contribution in [2.75, 3.05) is 13.8 Å². The molecule has 5 rings (SSSR count). The zero-order valence-corrected chi connectivity index (χ0v) is 19.3. The van der Waals surface area contributed by atoms with Crippen molar-refractivity contribution >= 4 is 11.7 Å². The van der Waals surface area contributed by atoms with Gasteiger partial charge in [-0.15, -0.1) is 13.2 Å². The Hall–Kier alpha value is -4.01. The topological polar surface area (TPSA) is 73.9 Å². The normalized spacial score (nSPS) is 15.3. The molecule has 3 aromatic carbocycles. The van der Waals surface area contributed by atoms with Gasteiger partial charge in [-0.3, -0.25) is 9.59 Å². The van der Waals surface area contributed by atoms with Gasteiger partial charge in [0.1, 0.15) is 11.5 Å². The SMILES string of the molecule is CNC(=O)c1ccc(-c2cc(CC(=O)C3(c4ccc5c(c4)OCO5)CC3)ccc2OC(F)(F)F)cc1.[HH]. The van der Waals surface area contributed by atoms with E-state index in [2.05, 4.69) is 10.1 Å². The molecular formula is C27H24F3NO5. The van der Waals surface area contributed by atoms with Gasteiger partial charge in [0.15, 0.2) is 11.5 Å². The van der Waals surface area contributed by atoms with Crippen LogP contribution >= 0.6 is 0 Å². The van der Waals surface area contributed by atoms with Crippen molar-refractivity contribution < 1.29 is 38.4 Å². The number of fused-ring (bicyclic) bond motifs is 1. The molecule has 1 N–H and O–H groups in total. The Balaban J connectivity index is 0.00000320. The van der Waals surface area contributed by atoms with E-state index in [1.807, 2.05) is 12.1 Å². The summed E-state index contributed by atoms with van der Waals surface area (Å²) in [5.74, 6) is 0.512. The minimum Gasteiger partial charge on any atom is -0.454 e. The molecule has 0 atom stereocenters. The number of halogens is 3. The zero-order chi connectivity index (χ0) is 25.5. The van der Waals surface area contributed by atoms with E-state index in [0.29, 0.717) is 41.0 Å². The summed E-state index contributed by atoms with van der Waals surface area (Å²) in [6.45, 7) is 0.138. The van der Waals surface area contributed by atoms with Crippen LogP contribution in [0.2, 0.25) is 0 Å². The van der Waals surface area contributed by atoms with Crippen molar-refractivity contribution in [3.05, 3.63) is 77.4 Å². The van der Waals surface area contributed by atoms with Gasteiger partial charge in [-0.25, -0.2) is 0 Å². The highest BCUT2D eigenvalue weighted by Crippen LogP contribution is 2.51. The van der Waals surface area contributed by atoms with Crippen LogP contribution in [0.4, 0.5) is 13.2 Å². The van der Waals surface area contributed by atoms with Crippen LogP contribution in [0.5, 0.6) is 17.2 Å². The van der Waals surface area contributed by atoms with Gasteiger partial charge in [0.2, 0.25) is 6.79 Å². The lowest BCUT2D eigenvalue weighted by atomic mass is 9.87. The number of ether oxygens (including phenoxy) is 3. The summed E-state index contributed by atoms with van der Waals surface area (Å²) in [4.78, 5) is 25.2. The quantitative estimate of drug-likeness (QED) is 0.469. The maximum Gasteiger partial charge on any atom is 0.573 e. The molecule has 9 heteroatoms. The van der Waals surface area contributed by atoms with E-state index in [-0.39, 0.29) is 37.6 Å². The van der Waals surface area contributed by atoms with Crippen LogP contribution in [-0.2, 0) is 16.6 Å². The lowest BCUT2D eigenvalue weighted by molar-refractivity contribution is -0.274. The first-order chi connectivity index (χ1) is 17.2. The molecule has 1 heterocycles. The van der Waals surface area contributed by atoms with E-state index in [9.17, 15) is 22.8 Å². The molecule has 36 heavy (non-hydrogen) atoms. The Bertz CT molecular complexity index is 1340. The van der Waals surface area contributed by atoms with Crippen LogP contribution in [0, 0.1) is 0 Å². The second kappa shape index (κ2) is 8.89. The number of Topliss-reactive ketones (excluding diaryl/α,β-unsaturated/α-hetero) is 1. The molecule has 0 radical (unpaired) electrons. The molecule has 0 aromatic heterocycles. The highest BCUT2D eigenvalue weighted by atomic mass is 19.4. The van der Waals surface area contributed by atoms with Crippen molar-refractivity contribution in [1.82, 2.24) is 5.32 Å². The highest BCUT2D eigenvalue weighted by Gasteiger charge is 2.50. The summed E-state index contributed by atoms with van der Waals surface area (Å²) < 4.78 is 54.2. The Labute approximate surface area is 206 Å².